The van der Waals surface area contributed by atoms with Gasteiger partial charge in [-0.1, -0.05) is 24.0 Å². The Labute approximate surface area is 159 Å². The molecule has 1 aromatic carbocycles. The van der Waals surface area contributed by atoms with Crippen LogP contribution in [0.5, 0.6) is 5.75 Å². The second-order valence-corrected chi connectivity index (χ2v) is 6.90. The maximum absolute atomic E-state index is 10.8. The number of aryl methyl sites for hydroxylation is 2. The van der Waals surface area contributed by atoms with Gasteiger partial charge in [0, 0.05) is 25.0 Å². The molecule has 0 fully saturated rings. The largest absolute Gasteiger partial charge is 0.477 e. The van der Waals surface area contributed by atoms with Crippen molar-refractivity contribution in [1.29, 1.82) is 0 Å². The smallest absolute Gasteiger partial charge is 0.269 e. The Morgan fingerprint density at radius 1 is 1.33 bits per heavy atom. The summed E-state index contributed by atoms with van der Waals surface area (Å²) in [4.78, 5) is 10.4. The van der Waals surface area contributed by atoms with Gasteiger partial charge >= 0.3 is 0 Å². The quantitative estimate of drug-likeness (QED) is 0.318. The number of fused-ring (bicyclic) bond motifs is 2. The Morgan fingerprint density at radius 2 is 2.07 bits per heavy atom. The predicted molar refractivity (Wildman–Crippen MR) is 104 cm³/mol. The molecule has 1 aromatic heterocycles. The van der Waals surface area contributed by atoms with Gasteiger partial charge in [-0.25, -0.2) is 0 Å². The molecule has 140 valence electrons. The molecular formula is C22H23NO4. The first-order valence-electron chi connectivity index (χ1n) is 9.10. The van der Waals surface area contributed by atoms with Crippen LogP contribution in [-0.4, -0.2) is 11.0 Å². The van der Waals surface area contributed by atoms with E-state index < -0.39 is 11.0 Å². The first kappa shape index (κ1) is 18.8. The monoisotopic (exact) mass is 365 g/mol. The van der Waals surface area contributed by atoms with Crippen LogP contribution in [0.4, 0.5) is 5.69 Å². The maximum Gasteiger partial charge on any atom is 0.269 e. The van der Waals surface area contributed by atoms with Crippen molar-refractivity contribution >= 4 is 5.69 Å². The summed E-state index contributed by atoms with van der Waals surface area (Å²) in [6.07, 6.45) is 3.28. The zero-order valence-electron chi connectivity index (χ0n) is 15.7. The zero-order chi connectivity index (χ0) is 19.4. The van der Waals surface area contributed by atoms with E-state index in [1.807, 2.05) is 13.0 Å². The highest BCUT2D eigenvalue weighted by molar-refractivity contribution is 5.38. The zero-order valence-corrected chi connectivity index (χ0v) is 15.7. The fraction of sp³-hybridized carbons (Fsp3) is 0.364. The predicted octanol–water partition coefficient (Wildman–Crippen LogP) is 5.33. The van der Waals surface area contributed by atoms with E-state index in [2.05, 4.69) is 25.3 Å². The molecular weight excluding hydrogens is 342 g/mol. The molecule has 0 spiro atoms. The van der Waals surface area contributed by atoms with Crippen molar-refractivity contribution in [2.45, 2.75) is 51.6 Å². The summed E-state index contributed by atoms with van der Waals surface area (Å²) in [7, 11) is 0. The minimum atomic E-state index is -0.472. The summed E-state index contributed by atoms with van der Waals surface area (Å²) in [6, 6.07) is 8.10. The van der Waals surface area contributed by atoms with Gasteiger partial charge in [-0.15, -0.1) is 0 Å². The molecule has 27 heavy (non-hydrogen) atoms. The van der Waals surface area contributed by atoms with Crippen LogP contribution in [0.2, 0.25) is 0 Å². The van der Waals surface area contributed by atoms with Crippen molar-refractivity contribution in [2.75, 3.05) is 0 Å². The average Bonchev–Trinajstić information content (AvgIpc) is 2.95. The van der Waals surface area contributed by atoms with Crippen LogP contribution in [0.3, 0.4) is 0 Å². The van der Waals surface area contributed by atoms with E-state index in [1.54, 1.807) is 12.1 Å². The van der Waals surface area contributed by atoms with Crippen LogP contribution >= 0.6 is 0 Å². The molecule has 2 heterocycles. The maximum atomic E-state index is 10.8. The molecule has 1 aliphatic heterocycles. The minimum Gasteiger partial charge on any atom is -0.477 e. The van der Waals surface area contributed by atoms with Crippen LogP contribution in [0.1, 0.15) is 49.2 Å². The fourth-order valence-electron chi connectivity index (χ4n) is 3.24. The number of nitro groups is 1. The molecule has 0 N–H and O–H groups in total. The number of nitrogens with zero attached hydrogens (tertiary/aromatic N) is 1. The van der Waals surface area contributed by atoms with Gasteiger partial charge in [-0.2, -0.15) is 0 Å². The first-order valence-corrected chi connectivity index (χ1v) is 9.10. The van der Waals surface area contributed by atoms with Crippen molar-refractivity contribution in [2.24, 2.45) is 0 Å². The van der Waals surface area contributed by atoms with E-state index in [-0.39, 0.29) is 11.6 Å². The first-order chi connectivity index (χ1) is 13.0. The minimum absolute atomic E-state index is 0.0265. The molecule has 0 saturated heterocycles. The Kier molecular flexibility index (Phi) is 5.66. The van der Waals surface area contributed by atoms with E-state index in [9.17, 15) is 10.1 Å². The van der Waals surface area contributed by atoms with E-state index in [1.165, 1.54) is 12.1 Å². The molecule has 2 bridgehead atoms. The van der Waals surface area contributed by atoms with Gasteiger partial charge in [0.25, 0.3) is 5.69 Å². The van der Waals surface area contributed by atoms with Crippen molar-refractivity contribution in [3.8, 4) is 17.6 Å². The highest BCUT2D eigenvalue weighted by atomic mass is 16.6. The van der Waals surface area contributed by atoms with Gasteiger partial charge in [-0.3, -0.25) is 10.1 Å². The number of furan rings is 1. The lowest BCUT2D eigenvalue weighted by molar-refractivity contribution is -0.384. The Balaban J connectivity index is 1.96. The highest BCUT2D eigenvalue weighted by Crippen LogP contribution is 2.33. The van der Waals surface area contributed by atoms with Crippen molar-refractivity contribution in [3.05, 3.63) is 69.7 Å². The van der Waals surface area contributed by atoms with Crippen molar-refractivity contribution < 1.29 is 14.1 Å². The molecule has 0 unspecified atom stereocenters. The van der Waals surface area contributed by atoms with Crippen LogP contribution in [0.15, 0.2) is 46.9 Å². The van der Waals surface area contributed by atoms with E-state index >= 15 is 0 Å². The number of ether oxygens (including phenoxy) is 1. The third kappa shape index (κ3) is 4.40. The number of nitro benzene ring substituents is 1. The summed E-state index contributed by atoms with van der Waals surface area (Å²) >= 11 is 0. The molecule has 2 atom stereocenters. The van der Waals surface area contributed by atoms with Crippen LogP contribution in [-0.2, 0) is 6.42 Å². The normalized spacial score (nSPS) is 19.3. The summed E-state index contributed by atoms with van der Waals surface area (Å²) in [5.41, 5.74) is 2.06. The van der Waals surface area contributed by atoms with Gasteiger partial charge in [0.2, 0.25) is 0 Å². The average molecular weight is 365 g/mol. The second kappa shape index (κ2) is 8.13. The third-order valence-corrected chi connectivity index (χ3v) is 4.69. The SMILES string of the molecule is C=C(C)[C@H]1c2cc(C)c(o2)CCCCC#C[C@H]1Oc1ccc([N+](=O)[O-])cc1. The Morgan fingerprint density at radius 3 is 2.74 bits per heavy atom. The highest BCUT2D eigenvalue weighted by Gasteiger charge is 2.29. The number of hydrogen-bond acceptors (Lipinski definition) is 4. The van der Waals surface area contributed by atoms with E-state index in [0.717, 1.165) is 48.3 Å². The summed E-state index contributed by atoms with van der Waals surface area (Å²) in [6.45, 7) is 8.12. The molecule has 0 amide bonds. The summed E-state index contributed by atoms with van der Waals surface area (Å²) in [5, 5.41) is 10.8. The van der Waals surface area contributed by atoms with Crippen LogP contribution in [0.25, 0.3) is 0 Å². The molecule has 5 heteroatoms. The Bertz CT molecular complexity index is 899. The molecule has 1 aliphatic rings. The number of rotatable bonds is 4. The van der Waals surface area contributed by atoms with Gasteiger partial charge in [0.05, 0.1) is 10.8 Å². The van der Waals surface area contributed by atoms with E-state index in [4.69, 9.17) is 9.15 Å². The molecule has 0 saturated carbocycles. The van der Waals surface area contributed by atoms with E-state index in [0.29, 0.717) is 5.75 Å². The standard InChI is InChI=1S/C22H23NO4/c1-15(2)22-20(26-18-12-10-17(11-13-18)23(24)25)9-7-5-4-6-8-19-16(3)14-21(22)27-19/h10-14,20,22H,1,4-6,8H2,2-3H3/t20-,22-/m1/s1. The molecule has 5 nitrogen and oxygen atoms in total. The van der Waals surface area contributed by atoms with Gasteiger partial charge < -0.3 is 9.15 Å². The summed E-state index contributed by atoms with van der Waals surface area (Å²) < 4.78 is 12.3. The second-order valence-electron chi connectivity index (χ2n) is 6.90. The molecule has 0 aliphatic carbocycles. The topological polar surface area (TPSA) is 65.5 Å². The van der Waals surface area contributed by atoms with Gasteiger partial charge in [0.1, 0.15) is 17.3 Å². The van der Waals surface area contributed by atoms with Gasteiger partial charge in [0.15, 0.2) is 6.10 Å². The van der Waals surface area contributed by atoms with Gasteiger partial charge in [-0.05, 0) is 50.5 Å². The summed E-state index contributed by atoms with van der Waals surface area (Å²) in [5.74, 6) is 8.57. The number of hydrogen-bond donors (Lipinski definition) is 0. The van der Waals surface area contributed by atoms with Crippen LogP contribution in [0, 0.1) is 28.9 Å². The third-order valence-electron chi connectivity index (χ3n) is 4.69. The lowest BCUT2D eigenvalue weighted by Gasteiger charge is -2.23. The lowest BCUT2D eigenvalue weighted by Crippen LogP contribution is -2.24. The molecule has 3 rings (SSSR count). The fourth-order valence-corrected chi connectivity index (χ4v) is 3.24. The van der Waals surface area contributed by atoms with Crippen molar-refractivity contribution in [3.63, 3.8) is 0 Å². The Hall–Kier alpha value is -3.00. The van der Waals surface area contributed by atoms with Crippen LogP contribution < -0.4 is 4.74 Å². The number of benzene rings is 1. The molecule has 0 radical (unpaired) electrons. The lowest BCUT2D eigenvalue weighted by atomic mass is 9.92. The number of non-ortho nitro benzene ring substituents is 1. The van der Waals surface area contributed by atoms with Crippen molar-refractivity contribution in [1.82, 2.24) is 0 Å². The molecule has 2 aromatic rings.